The van der Waals surface area contributed by atoms with Crippen LogP contribution in [0.2, 0.25) is 5.02 Å². The highest BCUT2D eigenvalue weighted by Gasteiger charge is 2.11. The van der Waals surface area contributed by atoms with Crippen LogP contribution in [0.4, 0.5) is 5.69 Å². The summed E-state index contributed by atoms with van der Waals surface area (Å²) in [5, 5.41) is 2.86. The summed E-state index contributed by atoms with van der Waals surface area (Å²) >= 11 is 11.4. The summed E-state index contributed by atoms with van der Waals surface area (Å²) in [4.78, 5) is 3.54. The quantitative estimate of drug-likeness (QED) is 0.823. The van der Waals surface area contributed by atoms with Gasteiger partial charge >= 0.3 is 0 Å². The first-order valence-corrected chi connectivity index (χ1v) is 8.49. The maximum absolute atomic E-state index is 6.14. The molecule has 0 saturated heterocycles. The normalized spacial score (nSPS) is 12.4. The van der Waals surface area contributed by atoms with Gasteiger partial charge in [0.1, 0.15) is 0 Å². The van der Waals surface area contributed by atoms with Gasteiger partial charge < -0.3 is 10.6 Å². The maximum Gasteiger partial charge on any atom is 0.0520 e. The van der Waals surface area contributed by atoms with Crippen LogP contribution in [0.3, 0.4) is 0 Å². The van der Waals surface area contributed by atoms with Crippen LogP contribution in [0.5, 0.6) is 0 Å². The third-order valence-electron chi connectivity index (χ3n) is 3.02. The van der Waals surface area contributed by atoms with Gasteiger partial charge in [-0.3, -0.25) is 0 Å². The molecule has 0 fully saturated rings. The first-order chi connectivity index (χ1) is 9.45. The van der Waals surface area contributed by atoms with Crippen molar-refractivity contribution < 1.29 is 0 Å². The molecule has 0 aliphatic carbocycles. The Hall–Kier alpha value is -0.550. The fourth-order valence-corrected chi connectivity index (χ4v) is 3.84. The standard InChI is InChI=1S/C15H18BrClN2S/c1-10(18)5-11-3-4-13(17)7-15(11)19(2)8-14-6-12(16)9-20-14/h3-4,6-7,9-10H,5,8,18H2,1-2H3. The topological polar surface area (TPSA) is 29.3 Å². The van der Waals surface area contributed by atoms with Gasteiger partial charge in [0.15, 0.2) is 0 Å². The molecule has 2 nitrogen and oxygen atoms in total. The maximum atomic E-state index is 6.14. The summed E-state index contributed by atoms with van der Waals surface area (Å²) < 4.78 is 1.13. The predicted octanol–water partition coefficient (Wildman–Crippen LogP) is 4.69. The number of rotatable bonds is 5. The van der Waals surface area contributed by atoms with E-state index in [9.17, 15) is 0 Å². The summed E-state index contributed by atoms with van der Waals surface area (Å²) in [6.45, 7) is 2.89. The molecule has 0 amide bonds. The highest BCUT2D eigenvalue weighted by molar-refractivity contribution is 9.10. The molecule has 0 saturated carbocycles. The molecule has 1 aromatic carbocycles. The number of benzene rings is 1. The lowest BCUT2D eigenvalue weighted by Crippen LogP contribution is -2.22. The van der Waals surface area contributed by atoms with Crippen LogP contribution in [0.25, 0.3) is 0 Å². The van der Waals surface area contributed by atoms with Gasteiger partial charge in [-0.25, -0.2) is 0 Å². The number of nitrogens with two attached hydrogens (primary N) is 1. The van der Waals surface area contributed by atoms with Gasteiger partial charge in [0.05, 0.1) is 6.54 Å². The molecule has 1 heterocycles. The Bertz CT molecular complexity index is 583. The fraction of sp³-hybridized carbons (Fsp3) is 0.333. The first kappa shape index (κ1) is 15.8. The lowest BCUT2D eigenvalue weighted by atomic mass is 10.0. The predicted molar refractivity (Wildman–Crippen MR) is 92.9 cm³/mol. The van der Waals surface area contributed by atoms with E-state index >= 15 is 0 Å². The summed E-state index contributed by atoms with van der Waals surface area (Å²) in [5.41, 5.74) is 8.32. The Morgan fingerprint density at radius 1 is 1.40 bits per heavy atom. The highest BCUT2D eigenvalue weighted by Crippen LogP contribution is 2.28. The van der Waals surface area contributed by atoms with E-state index in [1.54, 1.807) is 11.3 Å². The van der Waals surface area contributed by atoms with Crippen LogP contribution < -0.4 is 10.6 Å². The third kappa shape index (κ3) is 4.22. The van der Waals surface area contributed by atoms with E-state index in [2.05, 4.69) is 45.4 Å². The average molecular weight is 374 g/mol. The zero-order valence-corrected chi connectivity index (χ0v) is 14.7. The average Bonchev–Trinajstić information content (AvgIpc) is 2.76. The van der Waals surface area contributed by atoms with Crippen molar-refractivity contribution in [1.29, 1.82) is 0 Å². The zero-order valence-electron chi connectivity index (χ0n) is 11.6. The molecule has 1 aromatic heterocycles. The van der Waals surface area contributed by atoms with Gasteiger partial charge in [-0.15, -0.1) is 11.3 Å². The minimum absolute atomic E-state index is 0.138. The van der Waals surface area contributed by atoms with Crippen LogP contribution in [0, 0.1) is 0 Å². The number of hydrogen-bond donors (Lipinski definition) is 1. The first-order valence-electron chi connectivity index (χ1n) is 6.43. The fourth-order valence-electron chi connectivity index (χ4n) is 2.17. The highest BCUT2D eigenvalue weighted by atomic mass is 79.9. The SMILES string of the molecule is CC(N)Cc1ccc(Cl)cc1N(C)Cc1cc(Br)cs1. The smallest absolute Gasteiger partial charge is 0.0520 e. The van der Waals surface area contributed by atoms with Gasteiger partial charge in [-0.1, -0.05) is 17.7 Å². The molecular formula is C15H18BrClN2S. The monoisotopic (exact) mass is 372 g/mol. The Morgan fingerprint density at radius 3 is 2.75 bits per heavy atom. The molecule has 2 rings (SSSR count). The molecule has 0 radical (unpaired) electrons. The van der Waals surface area contributed by atoms with E-state index in [-0.39, 0.29) is 6.04 Å². The van der Waals surface area contributed by atoms with Crippen LogP contribution >= 0.6 is 38.9 Å². The summed E-state index contributed by atoms with van der Waals surface area (Å²) in [7, 11) is 2.09. The van der Waals surface area contributed by atoms with Crippen molar-refractivity contribution in [2.75, 3.05) is 11.9 Å². The van der Waals surface area contributed by atoms with Crippen LogP contribution in [-0.4, -0.2) is 13.1 Å². The molecule has 1 unspecified atom stereocenters. The summed E-state index contributed by atoms with van der Waals surface area (Å²) in [6, 6.07) is 8.30. The van der Waals surface area contributed by atoms with E-state index in [4.69, 9.17) is 17.3 Å². The van der Waals surface area contributed by atoms with Crippen LogP contribution in [0.1, 0.15) is 17.4 Å². The van der Waals surface area contributed by atoms with Gasteiger partial charge in [0.2, 0.25) is 0 Å². The van der Waals surface area contributed by atoms with Crippen molar-refractivity contribution in [3.05, 3.63) is 49.6 Å². The minimum atomic E-state index is 0.138. The lowest BCUT2D eigenvalue weighted by molar-refractivity contribution is 0.734. The van der Waals surface area contributed by atoms with Crippen molar-refractivity contribution in [3.8, 4) is 0 Å². The van der Waals surface area contributed by atoms with E-state index in [1.165, 1.54) is 10.4 Å². The molecule has 0 aliphatic rings. The Balaban J connectivity index is 2.23. The molecule has 0 spiro atoms. The van der Waals surface area contributed by atoms with E-state index in [1.807, 2.05) is 19.1 Å². The molecule has 2 N–H and O–H groups in total. The van der Waals surface area contributed by atoms with E-state index in [0.717, 1.165) is 28.1 Å². The second-order valence-corrected chi connectivity index (χ2v) is 7.39. The van der Waals surface area contributed by atoms with Gasteiger partial charge in [0, 0.05) is 38.5 Å². The number of nitrogens with zero attached hydrogens (tertiary/aromatic N) is 1. The molecule has 1 atom stereocenters. The number of halogens is 2. The van der Waals surface area contributed by atoms with Gasteiger partial charge in [-0.2, -0.15) is 0 Å². The number of anilines is 1. The Kier molecular flexibility index (Phi) is 5.49. The molecule has 20 heavy (non-hydrogen) atoms. The Labute approximate surface area is 137 Å². The van der Waals surface area contributed by atoms with Crippen molar-refractivity contribution in [2.24, 2.45) is 5.73 Å². The number of hydrogen-bond acceptors (Lipinski definition) is 3. The summed E-state index contributed by atoms with van der Waals surface area (Å²) in [5.74, 6) is 0. The van der Waals surface area contributed by atoms with Crippen molar-refractivity contribution in [2.45, 2.75) is 25.9 Å². The lowest BCUT2D eigenvalue weighted by Gasteiger charge is -2.23. The zero-order chi connectivity index (χ0) is 14.7. The molecule has 2 aromatic rings. The van der Waals surface area contributed by atoms with Gasteiger partial charge in [0.25, 0.3) is 0 Å². The molecule has 0 aliphatic heterocycles. The minimum Gasteiger partial charge on any atom is -0.369 e. The molecule has 5 heteroatoms. The van der Waals surface area contributed by atoms with Crippen LogP contribution in [0.15, 0.2) is 34.1 Å². The van der Waals surface area contributed by atoms with Crippen molar-refractivity contribution >= 4 is 44.6 Å². The number of thiophene rings is 1. The second kappa shape index (κ2) is 6.94. The van der Waals surface area contributed by atoms with Crippen molar-refractivity contribution in [3.63, 3.8) is 0 Å². The Morgan fingerprint density at radius 2 is 2.15 bits per heavy atom. The van der Waals surface area contributed by atoms with Crippen LogP contribution in [-0.2, 0) is 13.0 Å². The largest absolute Gasteiger partial charge is 0.369 e. The second-order valence-electron chi connectivity index (χ2n) is 5.04. The van der Waals surface area contributed by atoms with E-state index in [0.29, 0.717) is 0 Å². The molecule has 0 bridgehead atoms. The molecule has 108 valence electrons. The third-order valence-corrected chi connectivity index (χ3v) is 4.93. The molecular weight excluding hydrogens is 356 g/mol. The summed E-state index contributed by atoms with van der Waals surface area (Å²) in [6.07, 6.45) is 0.852. The van der Waals surface area contributed by atoms with E-state index < -0.39 is 0 Å². The van der Waals surface area contributed by atoms with Crippen molar-refractivity contribution in [1.82, 2.24) is 0 Å². The van der Waals surface area contributed by atoms with Gasteiger partial charge in [-0.05, 0) is 53.0 Å².